The molecule has 0 aliphatic carbocycles. The average Bonchev–Trinajstić information content (AvgIpc) is 3.80. The van der Waals surface area contributed by atoms with E-state index in [1.807, 2.05) is 29.5 Å². The largest absolute Gasteiger partial charge is 0.246 e. The van der Waals surface area contributed by atoms with Crippen LogP contribution in [-0.2, 0) is 0 Å². The van der Waals surface area contributed by atoms with E-state index in [9.17, 15) is 0 Å². The highest BCUT2D eigenvalue weighted by molar-refractivity contribution is 7.26. The topological polar surface area (TPSA) is 51.6 Å². The molecule has 0 atom stereocenters. The number of hydrogen-bond acceptors (Lipinski definition) is 6. The fourth-order valence-electron chi connectivity index (χ4n) is 7.57. The van der Waals surface area contributed by atoms with Crippen molar-refractivity contribution in [1.82, 2.24) is 19.9 Å². The van der Waals surface area contributed by atoms with Crippen molar-refractivity contribution in [2.24, 2.45) is 0 Å². The minimum atomic E-state index is 0.642. The van der Waals surface area contributed by atoms with Crippen molar-refractivity contribution in [2.45, 2.75) is 0 Å². The average molecular weight is 699 g/mol. The van der Waals surface area contributed by atoms with E-state index in [2.05, 4.69) is 140 Å². The van der Waals surface area contributed by atoms with Crippen LogP contribution in [-0.4, -0.2) is 19.9 Å². The fourth-order valence-corrected chi connectivity index (χ4v) is 10.0. The second kappa shape index (κ2) is 11.6. The van der Waals surface area contributed by atoms with Crippen LogP contribution in [0.3, 0.4) is 0 Å². The third kappa shape index (κ3) is 4.51. The zero-order valence-electron chi connectivity index (χ0n) is 27.6. The molecular weight excluding hydrogens is 673 g/mol. The molecule has 0 N–H and O–H groups in total. The molecule has 242 valence electrons. The predicted octanol–water partition coefficient (Wildman–Crippen LogP) is 13.0. The van der Waals surface area contributed by atoms with Crippen LogP contribution in [0.1, 0.15) is 0 Å². The quantitative estimate of drug-likeness (QED) is 0.184. The van der Waals surface area contributed by atoms with Gasteiger partial charge < -0.3 is 0 Å². The van der Waals surface area contributed by atoms with Crippen LogP contribution in [0.5, 0.6) is 0 Å². The lowest BCUT2D eigenvalue weighted by Crippen LogP contribution is -2.01. The van der Waals surface area contributed by atoms with Crippen LogP contribution in [0.25, 0.3) is 107 Å². The molecule has 4 heterocycles. The third-order valence-corrected chi connectivity index (χ3v) is 12.3. The number of benzene rings is 7. The van der Waals surface area contributed by atoms with Gasteiger partial charge in [-0.3, -0.25) is 0 Å². The number of nitrogens with zero attached hydrogens (tertiary/aromatic N) is 4. The van der Waals surface area contributed by atoms with Gasteiger partial charge in [0.05, 0.1) is 15.9 Å². The molecule has 0 unspecified atom stereocenters. The Labute approximate surface area is 306 Å². The molecule has 0 aliphatic heterocycles. The fraction of sp³-hybridized carbons (Fsp3) is 0. The summed E-state index contributed by atoms with van der Waals surface area (Å²) in [5, 5.41) is 8.35. The van der Waals surface area contributed by atoms with Gasteiger partial charge >= 0.3 is 0 Å². The smallest absolute Gasteiger partial charge is 0.165 e. The summed E-state index contributed by atoms with van der Waals surface area (Å²) in [5.74, 6) is 1.95. The number of hydrogen-bond donors (Lipinski definition) is 0. The second-order valence-corrected chi connectivity index (χ2v) is 15.0. The van der Waals surface area contributed by atoms with Crippen molar-refractivity contribution in [3.05, 3.63) is 158 Å². The van der Waals surface area contributed by atoms with Crippen LogP contribution in [0.2, 0.25) is 0 Å². The number of rotatable bonds is 4. The number of para-hydroxylation sites is 1. The van der Waals surface area contributed by atoms with Gasteiger partial charge in [0.15, 0.2) is 17.5 Å². The summed E-state index contributed by atoms with van der Waals surface area (Å²) in [6, 6.07) is 55.3. The molecule has 0 fully saturated rings. The molecule has 4 nitrogen and oxygen atoms in total. The van der Waals surface area contributed by atoms with Crippen molar-refractivity contribution >= 4 is 84.7 Å². The standard InChI is InChI=1S/C46H26N4S2/c1-2-13-27(14-3-1)44-48-45(50-46(49-44)36-21-12-20-32-30-17-7-10-23-38(30)51-42(32)36)33-26-25-31(28-15-4-5-16-29(28)33)41-43-40(34-18-6-9-22-37(34)47-41)35-19-8-11-24-39(35)52-43/h1-26H. The van der Waals surface area contributed by atoms with Crippen molar-refractivity contribution in [3.8, 4) is 45.4 Å². The van der Waals surface area contributed by atoms with Crippen molar-refractivity contribution in [2.75, 3.05) is 0 Å². The van der Waals surface area contributed by atoms with Crippen LogP contribution < -0.4 is 0 Å². The van der Waals surface area contributed by atoms with Crippen LogP contribution in [0.15, 0.2) is 158 Å². The molecule has 4 aromatic heterocycles. The van der Waals surface area contributed by atoms with Crippen molar-refractivity contribution in [3.63, 3.8) is 0 Å². The van der Waals surface area contributed by atoms with E-state index in [1.54, 1.807) is 11.3 Å². The van der Waals surface area contributed by atoms with E-state index in [0.717, 1.165) is 44.2 Å². The van der Waals surface area contributed by atoms with Gasteiger partial charge in [0.25, 0.3) is 0 Å². The normalized spacial score (nSPS) is 11.8. The molecular formula is C46H26N4S2. The summed E-state index contributed by atoms with van der Waals surface area (Å²) in [5.41, 5.74) is 5.99. The summed E-state index contributed by atoms with van der Waals surface area (Å²) >= 11 is 3.60. The van der Waals surface area contributed by atoms with Crippen molar-refractivity contribution < 1.29 is 0 Å². The molecule has 0 amide bonds. The predicted molar refractivity (Wildman–Crippen MR) is 220 cm³/mol. The summed E-state index contributed by atoms with van der Waals surface area (Å²) in [6.07, 6.45) is 0. The molecule has 0 radical (unpaired) electrons. The molecule has 52 heavy (non-hydrogen) atoms. The Balaban J connectivity index is 1.17. The maximum atomic E-state index is 5.35. The SMILES string of the molecule is c1ccc(-c2nc(-c3ccc(-c4nc5ccccc5c5c4sc4ccccc45)c4ccccc34)nc(-c3cccc4c3sc3ccccc34)n2)cc1. The third-order valence-electron chi connectivity index (χ3n) is 9.95. The monoisotopic (exact) mass is 698 g/mol. The lowest BCUT2D eigenvalue weighted by molar-refractivity contribution is 1.08. The lowest BCUT2D eigenvalue weighted by atomic mass is 9.95. The van der Waals surface area contributed by atoms with E-state index < -0.39 is 0 Å². The molecule has 0 aliphatic rings. The highest BCUT2D eigenvalue weighted by Crippen LogP contribution is 2.45. The summed E-state index contributed by atoms with van der Waals surface area (Å²) < 4.78 is 4.88. The summed E-state index contributed by atoms with van der Waals surface area (Å²) in [6.45, 7) is 0. The molecule has 11 rings (SSSR count). The Hall–Kier alpha value is -6.34. The Bertz CT molecular complexity index is 3200. The molecule has 7 aromatic carbocycles. The van der Waals surface area contributed by atoms with Crippen LogP contribution >= 0.6 is 22.7 Å². The van der Waals surface area contributed by atoms with Gasteiger partial charge in [-0.25, -0.2) is 19.9 Å². The zero-order valence-corrected chi connectivity index (χ0v) is 29.2. The molecule has 6 heteroatoms. The number of aromatic nitrogens is 4. The Morgan fingerprint density at radius 2 is 0.885 bits per heavy atom. The highest BCUT2D eigenvalue weighted by atomic mass is 32.1. The van der Waals surface area contributed by atoms with Gasteiger partial charge in [-0.05, 0) is 41.1 Å². The maximum Gasteiger partial charge on any atom is 0.165 e. The van der Waals surface area contributed by atoms with E-state index in [4.69, 9.17) is 19.9 Å². The minimum Gasteiger partial charge on any atom is -0.246 e. The van der Waals surface area contributed by atoms with E-state index in [1.165, 1.54) is 45.7 Å². The van der Waals surface area contributed by atoms with Gasteiger partial charge in [0.2, 0.25) is 0 Å². The van der Waals surface area contributed by atoms with Crippen LogP contribution in [0, 0.1) is 0 Å². The first-order valence-electron chi connectivity index (χ1n) is 17.2. The Morgan fingerprint density at radius 1 is 0.327 bits per heavy atom. The Morgan fingerprint density at radius 3 is 1.69 bits per heavy atom. The molecule has 0 saturated carbocycles. The van der Waals surface area contributed by atoms with Gasteiger partial charge in [-0.1, -0.05) is 127 Å². The molecule has 0 saturated heterocycles. The zero-order chi connectivity index (χ0) is 34.2. The van der Waals surface area contributed by atoms with Crippen molar-refractivity contribution in [1.29, 1.82) is 0 Å². The van der Waals surface area contributed by atoms with E-state index in [-0.39, 0.29) is 0 Å². The van der Waals surface area contributed by atoms with E-state index in [0.29, 0.717) is 17.5 Å². The van der Waals surface area contributed by atoms with Gasteiger partial charge in [-0.15, -0.1) is 22.7 Å². The molecule has 0 spiro atoms. The highest BCUT2D eigenvalue weighted by Gasteiger charge is 2.21. The minimum absolute atomic E-state index is 0.642. The second-order valence-electron chi connectivity index (χ2n) is 12.9. The number of thiophene rings is 2. The first-order valence-corrected chi connectivity index (χ1v) is 18.9. The summed E-state index contributed by atoms with van der Waals surface area (Å²) in [4.78, 5) is 20.9. The number of fused-ring (bicyclic) bond motifs is 9. The molecule has 0 bridgehead atoms. The van der Waals surface area contributed by atoms with Gasteiger partial charge in [0, 0.05) is 63.3 Å². The van der Waals surface area contributed by atoms with Gasteiger partial charge in [-0.2, -0.15) is 0 Å². The number of pyridine rings is 1. The molecule has 11 aromatic rings. The lowest BCUT2D eigenvalue weighted by Gasteiger charge is -2.14. The first kappa shape index (κ1) is 29.4. The van der Waals surface area contributed by atoms with E-state index >= 15 is 0 Å². The summed E-state index contributed by atoms with van der Waals surface area (Å²) in [7, 11) is 0. The maximum absolute atomic E-state index is 5.35. The van der Waals surface area contributed by atoms with Gasteiger partial charge in [0.1, 0.15) is 0 Å². The van der Waals surface area contributed by atoms with Crippen LogP contribution in [0.4, 0.5) is 0 Å². The Kier molecular flexibility index (Phi) is 6.56. The first-order chi connectivity index (χ1) is 25.8.